The van der Waals surface area contributed by atoms with E-state index in [1.54, 1.807) is 0 Å². The second-order valence-electron chi connectivity index (χ2n) is 4.08. The molecule has 3 N–H and O–H groups in total. The van der Waals surface area contributed by atoms with E-state index in [0.717, 1.165) is 34.5 Å². The lowest BCUT2D eigenvalue weighted by atomic mass is 10.1. The number of hydrogen-bond acceptors (Lipinski definition) is 2. The molecule has 2 aromatic rings. The molecule has 0 atom stereocenters. The van der Waals surface area contributed by atoms with E-state index in [-0.39, 0.29) is 0 Å². The molecule has 4 heteroatoms. The van der Waals surface area contributed by atoms with Crippen molar-refractivity contribution in [2.45, 2.75) is 26.3 Å². The van der Waals surface area contributed by atoms with Crippen LogP contribution in [0.5, 0.6) is 0 Å². The number of nitrogens with two attached hydrogens (primary N) is 1. The first-order valence-corrected chi connectivity index (χ1v) is 6.47. The minimum atomic E-state index is 0.522. The number of hydrogen-bond donors (Lipinski definition) is 2. The van der Waals surface area contributed by atoms with Crippen LogP contribution in [0.3, 0.4) is 0 Å². The molecule has 0 saturated heterocycles. The average molecular weight is 294 g/mol. The molecular weight excluding hydrogens is 278 g/mol. The fourth-order valence-corrected chi connectivity index (χ4v) is 2.37. The lowest BCUT2D eigenvalue weighted by Crippen LogP contribution is -2.02. The van der Waals surface area contributed by atoms with Gasteiger partial charge in [-0.1, -0.05) is 28.1 Å². The summed E-state index contributed by atoms with van der Waals surface area (Å²) in [5.41, 5.74) is 9.13. The maximum Gasteiger partial charge on any atom is 0.103 e. The van der Waals surface area contributed by atoms with E-state index in [9.17, 15) is 0 Å². The molecule has 0 saturated carbocycles. The van der Waals surface area contributed by atoms with Crippen LogP contribution in [-0.4, -0.2) is 9.97 Å². The molecule has 0 amide bonds. The Bertz CT molecular complexity index is 505. The molecular formula is C13H16BrN3. The number of halogens is 1. The predicted molar refractivity (Wildman–Crippen MR) is 72.8 cm³/mol. The van der Waals surface area contributed by atoms with Gasteiger partial charge in [-0.2, -0.15) is 0 Å². The number of H-pyrrole nitrogens is 1. The molecule has 1 heterocycles. The number of aromatic amines is 1. The van der Waals surface area contributed by atoms with E-state index in [1.165, 1.54) is 5.56 Å². The van der Waals surface area contributed by atoms with Crippen molar-refractivity contribution in [3.05, 3.63) is 51.5 Å². The predicted octanol–water partition coefficient (Wildman–Crippen LogP) is 2.72. The summed E-state index contributed by atoms with van der Waals surface area (Å²) in [5.74, 6) is 0.940. The molecule has 0 radical (unpaired) electrons. The van der Waals surface area contributed by atoms with E-state index in [2.05, 4.69) is 44.1 Å². The van der Waals surface area contributed by atoms with Crippen LogP contribution in [0.15, 0.2) is 28.7 Å². The summed E-state index contributed by atoms with van der Waals surface area (Å²) in [5, 5.41) is 0. The van der Waals surface area contributed by atoms with Gasteiger partial charge in [0.15, 0.2) is 0 Å². The van der Waals surface area contributed by atoms with E-state index < -0.39 is 0 Å². The van der Waals surface area contributed by atoms with Crippen LogP contribution in [0.25, 0.3) is 0 Å². The summed E-state index contributed by atoms with van der Waals surface area (Å²) >= 11 is 3.48. The quantitative estimate of drug-likeness (QED) is 0.911. The van der Waals surface area contributed by atoms with Gasteiger partial charge in [0, 0.05) is 11.0 Å². The minimum Gasteiger partial charge on any atom is -0.345 e. The zero-order valence-electron chi connectivity index (χ0n) is 9.83. The van der Waals surface area contributed by atoms with Gasteiger partial charge in [-0.05, 0) is 37.5 Å². The lowest BCUT2D eigenvalue weighted by molar-refractivity contribution is 0.884. The lowest BCUT2D eigenvalue weighted by Gasteiger charge is -2.02. The van der Waals surface area contributed by atoms with Crippen LogP contribution >= 0.6 is 15.9 Å². The maximum absolute atomic E-state index is 5.68. The van der Waals surface area contributed by atoms with Crippen molar-refractivity contribution in [1.82, 2.24) is 9.97 Å². The Morgan fingerprint density at radius 1 is 1.35 bits per heavy atom. The van der Waals surface area contributed by atoms with Crippen molar-refractivity contribution >= 4 is 15.9 Å². The molecule has 3 nitrogen and oxygen atoms in total. The topological polar surface area (TPSA) is 54.7 Å². The molecule has 90 valence electrons. The Kier molecular flexibility index (Phi) is 3.97. The molecule has 0 aliphatic heterocycles. The Labute approximate surface area is 110 Å². The molecule has 1 aromatic heterocycles. The summed E-state index contributed by atoms with van der Waals surface area (Å²) in [6.45, 7) is 2.48. The molecule has 0 aliphatic rings. The van der Waals surface area contributed by atoms with Gasteiger partial charge in [0.05, 0.1) is 11.4 Å². The Morgan fingerprint density at radius 2 is 2.18 bits per heavy atom. The molecule has 0 spiro atoms. The van der Waals surface area contributed by atoms with E-state index in [1.807, 2.05) is 13.0 Å². The van der Waals surface area contributed by atoms with Gasteiger partial charge in [0.1, 0.15) is 5.82 Å². The summed E-state index contributed by atoms with van der Waals surface area (Å²) < 4.78 is 1.12. The number of aromatic nitrogens is 2. The summed E-state index contributed by atoms with van der Waals surface area (Å²) in [6, 6.07) is 8.36. The van der Waals surface area contributed by atoms with Crippen molar-refractivity contribution in [2.75, 3.05) is 0 Å². The van der Waals surface area contributed by atoms with Crippen molar-refractivity contribution in [2.24, 2.45) is 5.73 Å². The molecule has 2 rings (SSSR count). The fraction of sp³-hybridized carbons (Fsp3) is 0.308. The first-order chi connectivity index (χ1) is 8.19. The standard InChI is InChI=1S/C13H16BrN3/c1-9-16-12(13(8-15)17-9)6-5-10-3-2-4-11(14)7-10/h2-4,7H,5-6,8,15H2,1H3,(H,16,17). The van der Waals surface area contributed by atoms with Crippen molar-refractivity contribution < 1.29 is 0 Å². The monoisotopic (exact) mass is 293 g/mol. The summed E-state index contributed by atoms with van der Waals surface area (Å²) in [7, 11) is 0. The van der Waals surface area contributed by atoms with Crippen LogP contribution in [-0.2, 0) is 19.4 Å². The van der Waals surface area contributed by atoms with Crippen LogP contribution in [0.1, 0.15) is 22.8 Å². The van der Waals surface area contributed by atoms with E-state index in [0.29, 0.717) is 6.54 Å². The number of nitrogens with one attached hydrogen (secondary N) is 1. The van der Waals surface area contributed by atoms with Crippen LogP contribution in [0.2, 0.25) is 0 Å². The maximum atomic E-state index is 5.68. The molecule has 0 bridgehead atoms. The molecule has 0 aliphatic carbocycles. The third kappa shape index (κ3) is 3.17. The third-order valence-electron chi connectivity index (χ3n) is 2.73. The fourth-order valence-electron chi connectivity index (χ4n) is 1.92. The number of imidazole rings is 1. The number of aryl methyl sites for hydroxylation is 3. The van der Waals surface area contributed by atoms with Gasteiger partial charge in [-0.15, -0.1) is 0 Å². The Balaban J connectivity index is 2.06. The van der Waals surface area contributed by atoms with E-state index >= 15 is 0 Å². The molecule has 17 heavy (non-hydrogen) atoms. The molecule has 1 aromatic carbocycles. The smallest absolute Gasteiger partial charge is 0.103 e. The minimum absolute atomic E-state index is 0.522. The highest BCUT2D eigenvalue weighted by Crippen LogP contribution is 2.14. The SMILES string of the molecule is Cc1nc(CCc2cccc(Br)c2)c(CN)[nH]1. The van der Waals surface area contributed by atoms with E-state index in [4.69, 9.17) is 5.73 Å². The Hall–Kier alpha value is -1.13. The van der Waals surface area contributed by atoms with Crippen LogP contribution < -0.4 is 5.73 Å². The highest BCUT2D eigenvalue weighted by molar-refractivity contribution is 9.10. The van der Waals surface area contributed by atoms with Crippen molar-refractivity contribution in [1.29, 1.82) is 0 Å². The zero-order valence-corrected chi connectivity index (χ0v) is 11.4. The van der Waals surface area contributed by atoms with Gasteiger partial charge in [-0.25, -0.2) is 4.98 Å². The zero-order chi connectivity index (χ0) is 12.3. The first-order valence-electron chi connectivity index (χ1n) is 5.68. The Morgan fingerprint density at radius 3 is 2.88 bits per heavy atom. The van der Waals surface area contributed by atoms with Gasteiger partial charge in [0.25, 0.3) is 0 Å². The van der Waals surface area contributed by atoms with Crippen LogP contribution in [0.4, 0.5) is 0 Å². The number of rotatable bonds is 4. The number of nitrogens with zero attached hydrogens (tertiary/aromatic N) is 1. The highest BCUT2D eigenvalue weighted by atomic mass is 79.9. The number of benzene rings is 1. The van der Waals surface area contributed by atoms with Crippen molar-refractivity contribution in [3.63, 3.8) is 0 Å². The van der Waals surface area contributed by atoms with Gasteiger partial charge in [0.2, 0.25) is 0 Å². The summed E-state index contributed by atoms with van der Waals surface area (Å²) in [4.78, 5) is 7.67. The van der Waals surface area contributed by atoms with Gasteiger partial charge < -0.3 is 10.7 Å². The second-order valence-corrected chi connectivity index (χ2v) is 5.00. The van der Waals surface area contributed by atoms with Crippen LogP contribution in [0, 0.1) is 6.92 Å². The van der Waals surface area contributed by atoms with Gasteiger partial charge >= 0.3 is 0 Å². The average Bonchev–Trinajstić information content (AvgIpc) is 2.67. The summed E-state index contributed by atoms with van der Waals surface area (Å²) in [6.07, 6.45) is 1.91. The molecule has 0 fully saturated rings. The van der Waals surface area contributed by atoms with Gasteiger partial charge in [-0.3, -0.25) is 0 Å². The highest BCUT2D eigenvalue weighted by Gasteiger charge is 2.06. The third-order valence-corrected chi connectivity index (χ3v) is 3.22. The largest absolute Gasteiger partial charge is 0.345 e. The molecule has 0 unspecified atom stereocenters. The normalized spacial score (nSPS) is 10.8. The van der Waals surface area contributed by atoms with Crippen molar-refractivity contribution in [3.8, 4) is 0 Å². The second kappa shape index (κ2) is 5.47. The first kappa shape index (κ1) is 12.3.